The molecule has 2 amide bonds. The molecule has 114 valence electrons. The fraction of sp³-hybridized carbons (Fsp3) is 0.176. The van der Waals surface area contributed by atoms with Crippen LogP contribution in [0.4, 0.5) is 15.8 Å². The molecule has 0 fully saturated rings. The van der Waals surface area contributed by atoms with Crippen molar-refractivity contribution in [1.29, 1.82) is 0 Å². The van der Waals surface area contributed by atoms with Crippen LogP contribution in [0.2, 0.25) is 0 Å². The van der Waals surface area contributed by atoms with E-state index in [9.17, 15) is 14.0 Å². The van der Waals surface area contributed by atoms with Crippen LogP contribution in [0.1, 0.15) is 28.4 Å². The van der Waals surface area contributed by atoms with Crippen molar-refractivity contribution in [2.45, 2.75) is 20.8 Å². The number of carbonyl (C=O) groups excluding carboxylic acids is 2. The highest BCUT2D eigenvalue weighted by Gasteiger charge is 2.11. The van der Waals surface area contributed by atoms with Crippen LogP contribution in [0.3, 0.4) is 0 Å². The van der Waals surface area contributed by atoms with Crippen LogP contribution >= 0.6 is 0 Å². The molecule has 0 bridgehead atoms. The van der Waals surface area contributed by atoms with E-state index in [0.717, 1.165) is 11.1 Å². The SMILES string of the molecule is CC(=O)Nc1ccc(F)c(NC(=O)c2ccc(C)c(C)c2)c1. The molecule has 22 heavy (non-hydrogen) atoms. The van der Waals surface area contributed by atoms with Gasteiger partial charge in [0.15, 0.2) is 0 Å². The van der Waals surface area contributed by atoms with Gasteiger partial charge in [-0.05, 0) is 55.3 Å². The van der Waals surface area contributed by atoms with E-state index in [1.54, 1.807) is 12.1 Å². The van der Waals surface area contributed by atoms with E-state index >= 15 is 0 Å². The molecule has 0 aliphatic heterocycles. The van der Waals surface area contributed by atoms with Gasteiger partial charge in [-0.2, -0.15) is 0 Å². The third-order valence-electron chi connectivity index (χ3n) is 3.30. The molecule has 0 unspecified atom stereocenters. The van der Waals surface area contributed by atoms with E-state index in [1.807, 2.05) is 19.9 Å². The zero-order chi connectivity index (χ0) is 16.3. The Bertz CT molecular complexity index is 741. The highest BCUT2D eigenvalue weighted by molar-refractivity contribution is 6.05. The largest absolute Gasteiger partial charge is 0.326 e. The lowest BCUT2D eigenvalue weighted by Gasteiger charge is -2.10. The number of aryl methyl sites for hydroxylation is 2. The zero-order valence-corrected chi connectivity index (χ0v) is 12.7. The molecule has 2 rings (SSSR count). The minimum Gasteiger partial charge on any atom is -0.326 e. The fourth-order valence-electron chi connectivity index (χ4n) is 1.98. The van der Waals surface area contributed by atoms with Crippen molar-refractivity contribution in [3.05, 3.63) is 58.9 Å². The van der Waals surface area contributed by atoms with E-state index in [2.05, 4.69) is 10.6 Å². The summed E-state index contributed by atoms with van der Waals surface area (Å²) in [5, 5.41) is 5.07. The van der Waals surface area contributed by atoms with Gasteiger partial charge in [0.25, 0.3) is 5.91 Å². The number of anilines is 2. The summed E-state index contributed by atoms with van der Waals surface area (Å²) in [6, 6.07) is 9.29. The second kappa shape index (κ2) is 6.39. The van der Waals surface area contributed by atoms with Crippen molar-refractivity contribution in [3.63, 3.8) is 0 Å². The number of halogens is 1. The summed E-state index contributed by atoms with van der Waals surface area (Å²) < 4.78 is 13.8. The van der Waals surface area contributed by atoms with Crippen molar-refractivity contribution in [1.82, 2.24) is 0 Å². The molecule has 0 atom stereocenters. The Morgan fingerprint density at radius 2 is 1.68 bits per heavy atom. The van der Waals surface area contributed by atoms with E-state index in [4.69, 9.17) is 0 Å². The molecule has 0 aliphatic carbocycles. The molecule has 0 aromatic heterocycles. The molecular weight excluding hydrogens is 283 g/mol. The van der Waals surface area contributed by atoms with Gasteiger partial charge in [-0.3, -0.25) is 9.59 Å². The Hall–Kier alpha value is -2.69. The second-order valence-electron chi connectivity index (χ2n) is 5.13. The van der Waals surface area contributed by atoms with Gasteiger partial charge >= 0.3 is 0 Å². The maximum Gasteiger partial charge on any atom is 0.255 e. The summed E-state index contributed by atoms with van der Waals surface area (Å²) in [7, 11) is 0. The zero-order valence-electron chi connectivity index (χ0n) is 12.7. The predicted octanol–water partition coefficient (Wildman–Crippen LogP) is 3.65. The molecule has 2 N–H and O–H groups in total. The summed E-state index contributed by atoms with van der Waals surface area (Å²) in [6.07, 6.45) is 0. The standard InChI is InChI=1S/C17H17FN2O2/c1-10-4-5-13(8-11(10)2)17(22)20-16-9-14(19-12(3)21)6-7-15(16)18/h4-9H,1-3H3,(H,19,21)(H,20,22). The number of carbonyl (C=O) groups is 2. The molecule has 4 nitrogen and oxygen atoms in total. The summed E-state index contributed by atoms with van der Waals surface area (Å²) in [6.45, 7) is 5.22. The van der Waals surface area contributed by atoms with Gasteiger partial charge in [-0.25, -0.2) is 4.39 Å². The smallest absolute Gasteiger partial charge is 0.255 e. The van der Waals surface area contributed by atoms with Crippen LogP contribution in [-0.4, -0.2) is 11.8 Å². The van der Waals surface area contributed by atoms with Gasteiger partial charge in [-0.15, -0.1) is 0 Å². The molecule has 5 heteroatoms. The summed E-state index contributed by atoms with van der Waals surface area (Å²) in [5.41, 5.74) is 2.96. The topological polar surface area (TPSA) is 58.2 Å². The van der Waals surface area contributed by atoms with Crippen molar-refractivity contribution < 1.29 is 14.0 Å². The number of amides is 2. The Balaban J connectivity index is 2.23. The normalized spacial score (nSPS) is 10.2. The van der Waals surface area contributed by atoms with Crippen molar-refractivity contribution >= 4 is 23.2 Å². The first-order chi connectivity index (χ1) is 10.4. The molecule has 0 spiro atoms. The van der Waals surface area contributed by atoms with Crippen LogP contribution in [0.15, 0.2) is 36.4 Å². The highest BCUT2D eigenvalue weighted by Crippen LogP contribution is 2.21. The summed E-state index contributed by atoms with van der Waals surface area (Å²) >= 11 is 0. The van der Waals surface area contributed by atoms with Gasteiger partial charge in [0, 0.05) is 18.2 Å². The lowest BCUT2D eigenvalue weighted by atomic mass is 10.1. The van der Waals surface area contributed by atoms with Gasteiger partial charge in [0.1, 0.15) is 5.82 Å². The average Bonchev–Trinajstić information content (AvgIpc) is 2.45. The lowest BCUT2D eigenvalue weighted by molar-refractivity contribution is -0.114. The van der Waals surface area contributed by atoms with E-state index in [-0.39, 0.29) is 11.6 Å². The summed E-state index contributed by atoms with van der Waals surface area (Å²) in [5.74, 6) is -1.23. The Morgan fingerprint density at radius 3 is 2.32 bits per heavy atom. The third-order valence-corrected chi connectivity index (χ3v) is 3.30. The van der Waals surface area contributed by atoms with Crippen LogP contribution in [0.5, 0.6) is 0 Å². The molecular formula is C17H17FN2O2. The van der Waals surface area contributed by atoms with Crippen LogP contribution in [0, 0.1) is 19.7 Å². The Morgan fingerprint density at radius 1 is 0.955 bits per heavy atom. The second-order valence-corrected chi connectivity index (χ2v) is 5.13. The molecule has 0 aliphatic rings. The van der Waals surface area contributed by atoms with Crippen LogP contribution in [-0.2, 0) is 4.79 Å². The molecule has 0 radical (unpaired) electrons. The monoisotopic (exact) mass is 300 g/mol. The Labute approximate surface area is 128 Å². The molecule has 2 aromatic rings. The number of hydrogen-bond donors (Lipinski definition) is 2. The molecule has 2 aromatic carbocycles. The van der Waals surface area contributed by atoms with Gasteiger partial charge in [0.05, 0.1) is 5.69 Å². The van der Waals surface area contributed by atoms with E-state index < -0.39 is 11.7 Å². The number of hydrogen-bond acceptors (Lipinski definition) is 2. The number of rotatable bonds is 3. The average molecular weight is 300 g/mol. The minimum atomic E-state index is -0.564. The van der Waals surface area contributed by atoms with Gasteiger partial charge in [-0.1, -0.05) is 6.07 Å². The number of nitrogens with one attached hydrogen (secondary N) is 2. The lowest BCUT2D eigenvalue weighted by Crippen LogP contribution is -2.14. The minimum absolute atomic E-state index is 0.0227. The van der Waals surface area contributed by atoms with Gasteiger partial charge in [0.2, 0.25) is 5.91 Å². The van der Waals surface area contributed by atoms with Crippen molar-refractivity contribution in [2.75, 3.05) is 10.6 Å². The first-order valence-electron chi connectivity index (χ1n) is 6.82. The fourth-order valence-corrected chi connectivity index (χ4v) is 1.98. The van der Waals surface area contributed by atoms with Crippen molar-refractivity contribution in [2.24, 2.45) is 0 Å². The third kappa shape index (κ3) is 3.69. The molecule has 0 saturated heterocycles. The number of benzene rings is 2. The predicted molar refractivity (Wildman–Crippen MR) is 84.6 cm³/mol. The van der Waals surface area contributed by atoms with E-state index in [0.29, 0.717) is 11.3 Å². The first kappa shape index (κ1) is 15.7. The quantitative estimate of drug-likeness (QED) is 0.909. The van der Waals surface area contributed by atoms with Crippen LogP contribution in [0.25, 0.3) is 0 Å². The maximum absolute atomic E-state index is 13.8. The van der Waals surface area contributed by atoms with Crippen LogP contribution < -0.4 is 10.6 Å². The summed E-state index contributed by atoms with van der Waals surface area (Å²) in [4.78, 5) is 23.2. The Kier molecular flexibility index (Phi) is 4.56. The van der Waals surface area contributed by atoms with Crippen molar-refractivity contribution in [3.8, 4) is 0 Å². The first-order valence-corrected chi connectivity index (χ1v) is 6.82. The van der Waals surface area contributed by atoms with E-state index in [1.165, 1.54) is 25.1 Å². The maximum atomic E-state index is 13.8. The van der Waals surface area contributed by atoms with Gasteiger partial charge < -0.3 is 10.6 Å². The molecule has 0 heterocycles. The molecule has 0 saturated carbocycles. The highest BCUT2D eigenvalue weighted by atomic mass is 19.1.